The Morgan fingerprint density at radius 1 is 1.10 bits per heavy atom. The molecule has 106 valence electrons. The lowest BCUT2D eigenvalue weighted by Gasteiger charge is -2.12. The molecule has 0 aliphatic heterocycles. The van der Waals surface area contributed by atoms with Crippen LogP contribution < -0.4 is 15.2 Å². The van der Waals surface area contributed by atoms with Gasteiger partial charge in [-0.2, -0.15) is 0 Å². The lowest BCUT2D eigenvalue weighted by Crippen LogP contribution is -2.00. The smallest absolute Gasteiger partial charge is 0.222 e. The number of nitrogens with two attached hydrogens (primary N) is 1. The lowest BCUT2D eigenvalue weighted by molar-refractivity contribution is 0.319. The number of aromatic nitrogens is 2. The van der Waals surface area contributed by atoms with Gasteiger partial charge in [-0.05, 0) is 31.0 Å². The van der Waals surface area contributed by atoms with Crippen molar-refractivity contribution in [3.63, 3.8) is 0 Å². The Bertz CT molecular complexity index is 573. The molecule has 0 unspecified atom stereocenters. The summed E-state index contributed by atoms with van der Waals surface area (Å²) in [5.74, 6) is 1.82. The summed E-state index contributed by atoms with van der Waals surface area (Å²) in [5, 5.41) is 0. The van der Waals surface area contributed by atoms with Crippen molar-refractivity contribution >= 4 is 0 Å². The first-order valence-corrected chi connectivity index (χ1v) is 6.71. The van der Waals surface area contributed by atoms with Crippen LogP contribution in [0.15, 0.2) is 30.6 Å². The molecule has 0 fully saturated rings. The maximum absolute atomic E-state index is 5.79. The van der Waals surface area contributed by atoms with Crippen molar-refractivity contribution in [1.82, 2.24) is 9.97 Å². The quantitative estimate of drug-likeness (QED) is 0.876. The summed E-state index contributed by atoms with van der Waals surface area (Å²) in [5.41, 5.74) is 7.57. The van der Waals surface area contributed by atoms with E-state index in [-0.39, 0.29) is 0 Å². The molecule has 0 aliphatic carbocycles. The second kappa shape index (κ2) is 6.86. The van der Waals surface area contributed by atoms with Crippen molar-refractivity contribution in [1.29, 1.82) is 0 Å². The third kappa shape index (κ3) is 3.45. The largest absolute Gasteiger partial charge is 0.490 e. The van der Waals surface area contributed by atoms with Crippen LogP contribution in [-0.2, 0) is 13.0 Å². The summed E-state index contributed by atoms with van der Waals surface area (Å²) in [6, 6.07) is 7.48. The summed E-state index contributed by atoms with van der Waals surface area (Å²) in [6.45, 7) is 4.99. The molecular weight excluding hydrogens is 254 g/mol. The van der Waals surface area contributed by atoms with Crippen LogP contribution in [0.4, 0.5) is 0 Å². The van der Waals surface area contributed by atoms with Crippen LogP contribution in [0, 0.1) is 0 Å². The van der Waals surface area contributed by atoms with E-state index in [0.717, 1.165) is 17.7 Å². The summed E-state index contributed by atoms with van der Waals surface area (Å²) in [4.78, 5) is 8.26. The van der Waals surface area contributed by atoms with Crippen molar-refractivity contribution in [2.75, 3.05) is 6.61 Å². The maximum atomic E-state index is 5.79. The summed E-state index contributed by atoms with van der Waals surface area (Å²) in [6.07, 6.45) is 2.34. The van der Waals surface area contributed by atoms with E-state index in [1.807, 2.05) is 38.1 Å². The van der Waals surface area contributed by atoms with Gasteiger partial charge in [-0.15, -0.1) is 0 Å². The van der Waals surface area contributed by atoms with Gasteiger partial charge in [0.1, 0.15) is 6.33 Å². The zero-order chi connectivity index (χ0) is 14.4. The molecule has 0 atom stereocenters. The van der Waals surface area contributed by atoms with Gasteiger partial charge in [-0.3, -0.25) is 0 Å². The van der Waals surface area contributed by atoms with Gasteiger partial charge in [0.05, 0.1) is 6.61 Å². The van der Waals surface area contributed by atoms with E-state index in [4.69, 9.17) is 15.2 Å². The Morgan fingerprint density at radius 3 is 2.65 bits per heavy atom. The normalized spacial score (nSPS) is 10.3. The Morgan fingerprint density at radius 2 is 1.95 bits per heavy atom. The van der Waals surface area contributed by atoms with Crippen molar-refractivity contribution in [3.05, 3.63) is 41.9 Å². The van der Waals surface area contributed by atoms with Crippen molar-refractivity contribution in [2.24, 2.45) is 5.73 Å². The molecule has 1 aromatic carbocycles. The summed E-state index contributed by atoms with van der Waals surface area (Å²) >= 11 is 0. The van der Waals surface area contributed by atoms with Gasteiger partial charge in [0.25, 0.3) is 0 Å². The number of aryl methyl sites for hydroxylation is 1. The summed E-state index contributed by atoms with van der Waals surface area (Å²) in [7, 11) is 0. The molecule has 0 aliphatic rings. The van der Waals surface area contributed by atoms with E-state index in [2.05, 4.69) is 9.97 Å². The molecule has 0 saturated heterocycles. The first-order valence-electron chi connectivity index (χ1n) is 6.71. The van der Waals surface area contributed by atoms with Crippen LogP contribution in [0.2, 0.25) is 0 Å². The molecule has 0 spiro atoms. The van der Waals surface area contributed by atoms with Crippen LogP contribution in [0.3, 0.4) is 0 Å². The van der Waals surface area contributed by atoms with E-state index in [9.17, 15) is 0 Å². The molecule has 0 bridgehead atoms. The average Bonchev–Trinajstić information content (AvgIpc) is 2.49. The van der Waals surface area contributed by atoms with Crippen LogP contribution in [0.25, 0.3) is 0 Å². The minimum atomic E-state index is 0.466. The van der Waals surface area contributed by atoms with Crippen molar-refractivity contribution in [3.8, 4) is 17.4 Å². The first-order chi connectivity index (χ1) is 9.76. The van der Waals surface area contributed by atoms with Crippen LogP contribution >= 0.6 is 0 Å². The lowest BCUT2D eigenvalue weighted by atomic mass is 10.2. The second-order valence-electron chi connectivity index (χ2n) is 4.22. The number of benzene rings is 1. The third-order valence-corrected chi connectivity index (χ3v) is 2.82. The van der Waals surface area contributed by atoms with E-state index in [1.54, 1.807) is 0 Å². The van der Waals surface area contributed by atoms with E-state index >= 15 is 0 Å². The highest BCUT2D eigenvalue weighted by molar-refractivity contribution is 5.44. The molecule has 2 rings (SSSR count). The fraction of sp³-hybridized carbons (Fsp3) is 0.333. The second-order valence-corrected chi connectivity index (χ2v) is 4.22. The average molecular weight is 273 g/mol. The van der Waals surface area contributed by atoms with E-state index in [0.29, 0.717) is 30.5 Å². The molecule has 2 N–H and O–H groups in total. The van der Waals surface area contributed by atoms with Gasteiger partial charge in [-0.1, -0.05) is 13.0 Å². The first kappa shape index (κ1) is 14.3. The predicted molar refractivity (Wildman–Crippen MR) is 77.0 cm³/mol. The molecule has 0 saturated carbocycles. The van der Waals surface area contributed by atoms with Gasteiger partial charge in [0.15, 0.2) is 11.5 Å². The summed E-state index contributed by atoms with van der Waals surface area (Å²) < 4.78 is 11.4. The fourth-order valence-electron chi connectivity index (χ4n) is 1.77. The van der Waals surface area contributed by atoms with E-state index < -0.39 is 0 Å². The monoisotopic (exact) mass is 273 g/mol. The van der Waals surface area contributed by atoms with Gasteiger partial charge >= 0.3 is 0 Å². The fourth-order valence-corrected chi connectivity index (χ4v) is 1.77. The number of hydrogen-bond donors (Lipinski definition) is 1. The number of ether oxygens (including phenoxy) is 2. The van der Waals surface area contributed by atoms with Gasteiger partial charge in [0, 0.05) is 18.3 Å². The Hall–Kier alpha value is -2.14. The molecule has 1 heterocycles. The highest BCUT2D eigenvalue weighted by Gasteiger charge is 2.08. The van der Waals surface area contributed by atoms with Gasteiger partial charge in [-0.25, -0.2) is 9.97 Å². The van der Waals surface area contributed by atoms with Crippen molar-refractivity contribution < 1.29 is 9.47 Å². The van der Waals surface area contributed by atoms with Crippen LogP contribution in [0.5, 0.6) is 17.4 Å². The highest BCUT2D eigenvalue weighted by atomic mass is 16.5. The number of hydrogen-bond acceptors (Lipinski definition) is 5. The van der Waals surface area contributed by atoms with Crippen LogP contribution in [-0.4, -0.2) is 16.6 Å². The molecule has 1 aromatic heterocycles. The molecule has 5 heteroatoms. The molecule has 5 nitrogen and oxygen atoms in total. The highest BCUT2D eigenvalue weighted by Crippen LogP contribution is 2.31. The Kier molecular flexibility index (Phi) is 4.90. The molecule has 0 amide bonds. The van der Waals surface area contributed by atoms with Gasteiger partial charge in [0.2, 0.25) is 5.88 Å². The number of nitrogens with zero attached hydrogens (tertiary/aromatic N) is 2. The predicted octanol–water partition coefficient (Wildman–Crippen LogP) is 2.69. The topological polar surface area (TPSA) is 70.3 Å². The Balaban J connectivity index is 2.27. The zero-order valence-electron chi connectivity index (χ0n) is 11.8. The van der Waals surface area contributed by atoms with E-state index in [1.165, 1.54) is 6.33 Å². The molecule has 2 aromatic rings. The van der Waals surface area contributed by atoms with Crippen LogP contribution in [0.1, 0.15) is 25.1 Å². The SMILES string of the molecule is CCOc1cc(CN)ccc1Oc1cc(CC)ncn1. The minimum Gasteiger partial charge on any atom is -0.490 e. The standard InChI is InChI=1S/C15H19N3O2/c1-3-12-8-15(18-10-17-12)20-13-6-5-11(9-16)7-14(13)19-4-2/h5-8,10H,3-4,9,16H2,1-2H3. The third-order valence-electron chi connectivity index (χ3n) is 2.82. The maximum Gasteiger partial charge on any atom is 0.222 e. The van der Waals surface area contributed by atoms with Crippen molar-refractivity contribution in [2.45, 2.75) is 26.8 Å². The molecule has 20 heavy (non-hydrogen) atoms. The minimum absolute atomic E-state index is 0.466. The molecule has 0 radical (unpaired) electrons. The van der Waals surface area contributed by atoms with Gasteiger partial charge < -0.3 is 15.2 Å². The Labute approximate surface area is 118 Å². The molecular formula is C15H19N3O2. The number of rotatable bonds is 6. The zero-order valence-corrected chi connectivity index (χ0v) is 11.8.